The first-order valence-corrected chi connectivity index (χ1v) is 9.39. The minimum atomic E-state index is -0.869. The summed E-state index contributed by atoms with van der Waals surface area (Å²) in [4.78, 5) is 42.4. The number of aryl methyl sites for hydroxylation is 1. The Labute approximate surface area is 169 Å². The molecule has 2 N–H and O–H groups in total. The molecule has 29 heavy (non-hydrogen) atoms. The summed E-state index contributed by atoms with van der Waals surface area (Å²) in [5.41, 5.74) is 0.308. The minimum absolute atomic E-state index is 0.0347. The van der Waals surface area contributed by atoms with Crippen molar-refractivity contribution >= 4 is 17.7 Å². The smallest absolute Gasteiger partial charge is 0.340 e. The molecule has 2 aromatic rings. The summed E-state index contributed by atoms with van der Waals surface area (Å²) in [6, 6.07) is 5.77. The molecule has 0 aliphatic heterocycles. The van der Waals surface area contributed by atoms with E-state index in [2.05, 4.69) is 10.3 Å². The first kappa shape index (κ1) is 22.3. The van der Waals surface area contributed by atoms with E-state index in [0.717, 1.165) is 6.54 Å². The van der Waals surface area contributed by atoms with Gasteiger partial charge in [0.2, 0.25) is 0 Å². The van der Waals surface area contributed by atoms with Gasteiger partial charge in [-0.3, -0.25) is 9.59 Å². The van der Waals surface area contributed by atoms with Crippen LogP contribution in [-0.2, 0) is 9.53 Å². The molecule has 0 saturated carbocycles. The topological polar surface area (TPSA) is 91.5 Å². The molecule has 0 aliphatic rings. The van der Waals surface area contributed by atoms with Gasteiger partial charge in [0, 0.05) is 23.4 Å². The molecule has 0 radical (unpaired) electrons. The first-order valence-electron chi connectivity index (χ1n) is 9.39. The molecule has 0 unspecified atom stereocenters. The average molecular weight is 403 g/mol. The standard InChI is InChI=1S/C21H26FN3O4/c1-5-29-21(28)16-13(2)24-18(17(16)14-9-6-7-10-15(14)22)19(26)20(27)23-11-8-12-25(3)4/h6-7,9-10,24H,5,8,11-12H2,1-4H3,(H,23,27). The summed E-state index contributed by atoms with van der Waals surface area (Å²) in [6.07, 6.45) is 0.671. The predicted octanol–water partition coefficient (Wildman–Crippen LogP) is 2.56. The van der Waals surface area contributed by atoms with Crippen LogP contribution in [0.15, 0.2) is 24.3 Å². The number of esters is 1. The molecule has 1 aromatic carbocycles. The fourth-order valence-electron chi connectivity index (χ4n) is 2.98. The van der Waals surface area contributed by atoms with E-state index in [-0.39, 0.29) is 29.0 Å². The Balaban J connectivity index is 2.42. The Hall–Kier alpha value is -3.00. The van der Waals surface area contributed by atoms with Crippen LogP contribution >= 0.6 is 0 Å². The summed E-state index contributed by atoms with van der Waals surface area (Å²) < 4.78 is 19.6. The molecular weight excluding hydrogens is 377 g/mol. The van der Waals surface area contributed by atoms with Crippen molar-refractivity contribution < 1.29 is 23.5 Å². The van der Waals surface area contributed by atoms with E-state index >= 15 is 0 Å². The minimum Gasteiger partial charge on any atom is -0.462 e. The Bertz CT molecular complexity index is 905. The number of Topliss-reactive ketones (excluding diaryl/α,β-unsaturated/α-hetero) is 1. The highest BCUT2D eigenvalue weighted by Crippen LogP contribution is 2.33. The van der Waals surface area contributed by atoms with Gasteiger partial charge >= 0.3 is 5.97 Å². The highest BCUT2D eigenvalue weighted by atomic mass is 19.1. The van der Waals surface area contributed by atoms with Crippen molar-refractivity contribution in [2.24, 2.45) is 0 Å². The number of aromatic amines is 1. The molecule has 0 fully saturated rings. The molecule has 1 heterocycles. The number of carbonyl (C=O) groups is 3. The first-order chi connectivity index (χ1) is 13.8. The van der Waals surface area contributed by atoms with E-state index in [1.165, 1.54) is 18.2 Å². The molecule has 0 spiro atoms. The number of nitrogens with one attached hydrogen (secondary N) is 2. The van der Waals surface area contributed by atoms with Gasteiger partial charge in [0.15, 0.2) is 0 Å². The summed E-state index contributed by atoms with van der Waals surface area (Å²) in [7, 11) is 3.82. The van der Waals surface area contributed by atoms with Gasteiger partial charge in [-0.25, -0.2) is 9.18 Å². The van der Waals surface area contributed by atoms with Crippen molar-refractivity contribution in [1.82, 2.24) is 15.2 Å². The third-order valence-electron chi connectivity index (χ3n) is 4.31. The van der Waals surface area contributed by atoms with Gasteiger partial charge in [0.05, 0.1) is 12.2 Å². The molecule has 0 saturated heterocycles. The number of carbonyl (C=O) groups excluding carboxylic acids is 3. The van der Waals surface area contributed by atoms with Crippen LogP contribution in [0.3, 0.4) is 0 Å². The summed E-state index contributed by atoms with van der Waals surface area (Å²) in [5.74, 6) is -2.99. The Kier molecular flexibility index (Phi) is 7.67. The van der Waals surface area contributed by atoms with Crippen molar-refractivity contribution in [3.63, 3.8) is 0 Å². The van der Waals surface area contributed by atoms with Crippen molar-refractivity contribution in [3.8, 4) is 11.1 Å². The molecule has 2 rings (SSSR count). The van der Waals surface area contributed by atoms with Crippen LogP contribution in [0.1, 0.15) is 39.9 Å². The van der Waals surface area contributed by atoms with Crippen LogP contribution in [0.2, 0.25) is 0 Å². The molecule has 0 bridgehead atoms. The van der Waals surface area contributed by atoms with Crippen molar-refractivity contribution in [3.05, 3.63) is 47.0 Å². The number of benzene rings is 1. The van der Waals surface area contributed by atoms with Crippen LogP contribution in [-0.4, -0.2) is 61.3 Å². The summed E-state index contributed by atoms with van der Waals surface area (Å²) in [5, 5.41) is 2.57. The molecule has 1 amide bonds. The van der Waals surface area contributed by atoms with Crippen molar-refractivity contribution in [1.29, 1.82) is 0 Å². The van der Waals surface area contributed by atoms with Crippen LogP contribution in [0.25, 0.3) is 11.1 Å². The molecule has 7 nitrogen and oxygen atoms in total. The number of nitrogens with zero attached hydrogens (tertiary/aromatic N) is 1. The monoisotopic (exact) mass is 403 g/mol. The maximum Gasteiger partial charge on any atom is 0.340 e. The molecule has 8 heteroatoms. The number of ether oxygens (including phenoxy) is 1. The van der Waals surface area contributed by atoms with Gasteiger partial charge < -0.3 is 19.9 Å². The van der Waals surface area contributed by atoms with E-state index in [0.29, 0.717) is 18.7 Å². The fourth-order valence-corrected chi connectivity index (χ4v) is 2.98. The van der Waals surface area contributed by atoms with Gasteiger partial charge in [-0.05, 0) is 47.0 Å². The zero-order chi connectivity index (χ0) is 21.6. The van der Waals surface area contributed by atoms with E-state index < -0.39 is 23.5 Å². The molecule has 0 aliphatic carbocycles. The Morgan fingerprint density at radius 1 is 1.21 bits per heavy atom. The normalized spacial score (nSPS) is 10.8. The largest absolute Gasteiger partial charge is 0.462 e. The number of halogens is 1. The molecule has 156 valence electrons. The zero-order valence-corrected chi connectivity index (χ0v) is 17.1. The van der Waals surface area contributed by atoms with Gasteiger partial charge in [-0.1, -0.05) is 18.2 Å². The number of H-pyrrole nitrogens is 1. The molecule has 0 atom stereocenters. The number of amides is 1. The van der Waals surface area contributed by atoms with E-state index in [1.54, 1.807) is 19.9 Å². The summed E-state index contributed by atoms with van der Waals surface area (Å²) in [6.45, 7) is 4.42. The molecular formula is C21H26FN3O4. The lowest BCUT2D eigenvalue weighted by Gasteiger charge is -2.10. The van der Waals surface area contributed by atoms with Gasteiger partial charge in [0.1, 0.15) is 11.5 Å². The number of rotatable bonds is 9. The second-order valence-corrected chi connectivity index (χ2v) is 6.82. The highest BCUT2D eigenvalue weighted by molar-refractivity contribution is 6.43. The lowest BCUT2D eigenvalue weighted by atomic mass is 9.97. The van der Waals surface area contributed by atoms with Crippen LogP contribution in [0.5, 0.6) is 0 Å². The maximum atomic E-state index is 14.5. The second-order valence-electron chi connectivity index (χ2n) is 6.82. The lowest BCUT2D eigenvalue weighted by molar-refractivity contribution is -0.117. The zero-order valence-electron chi connectivity index (χ0n) is 17.1. The summed E-state index contributed by atoms with van der Waals surface area (Å²) >= 11 is 0. The maximum absolute atomic E-state index is 14.5. The number of aromatic nitrogens is 1. The SMILES string of the molecule is CCOC(=O)c1c(C)[nH]c(C(=O)C(=O)NCCCN(C)C)c1-c1ccccc1F. The second kappa shape index (κ2) is 9.97. The molecule has 1 aromatic heterocycles. The number of hydrogen-bond acceptors (Lipinski definition) is 5. The van der Waals surface area contributed by atoms with Gasteiger partial charge in [-0.15, -0.1) is 0 Å². The van der Waals surface area contributed by atoms with Crippen LogP contribution in [0.4, 0.5) is 4.39 Å². The van der Waals surface area contributed by atoms with Crippen molar-refractivity contribution in [2.75, 3.05) is 33.8 Å². The van der Waals surface area contributed by atoms with E-state index in [1.807, 2.05) is 19.0 Å². The highest BCUT2D eigenvalue weighted by Gasteiger charge is 2.30. The Morgan fingerprint density at radius 2 is 1.90 bits per heavy atom. The quantitative estimate of drug-likeness (QED) is 0.291. The van der Waals surface area contributed by atoms with Crippen LogP contribution in [0, 0.1) is 12.7 Å². The third-order valence-corrected chi connectivity index (χ3v) is 4.31. The van der Waals surface area contributed by atoms with Gasteiger partial charge in [0.25, 0.3) is 11.7 Å². The fraction of sp³-hybridized carbons (Fsp3) is 0.381. The third kappa shape index (κ3) is 5.29. The number of ketones is 1. The van der Waals surface area contributed by atoms with Gasteiger partial charge in [-0.2, -0.15) is 0 Å². The lowest BCUT2D eigenvalue weighted by Crippen LogP contribution is -2.33. The average Bonchev–Trinajstić information content (AvgIpc) is 3.01. The van der Waals surface area contributed by atoms with E-state index in [9.17, 15) is 18.8 Å². The Morgan fingerprint density at radius 3 is 2.52 bits per heavy atom. The van der Waals surface area contributed by atoms with Crippen molar-refractivity contribution in [2.45, 2.75) is 20.3 Å². The number of hydrogen-bond donors (Lipinski definition) is 2. The van der Waals surface area contributed by atoms with Crippen LogP contribution < -0.4 is 5.32 Å². The van der Waals surface area contributed by atoms with E-state index in [4.69, 9.17) is 4.74 Å². The predicted molar refractivity (Wildman–Crippen MR) is 107 cm³/mol.